The quantitative estimate of drug-likeness (QED) is 0.581. The summed E-state index contributed by atoms with van der Waals surface area (Å²) in [4.78, 5) is 0.259. The third-order valence-corrected chi connectivity index (χ3v) is 6.38. The fourth-order valence-corrected chi connectivity index (χ4v) is 4.66. The van der Waals surface area contributed by atoms with Gasteiger partial charge in [0.1, 0.15) is 0 Å². The molecule has 2 aliphatic carbocycles. The molecule has 0 aliphatic heterocycles. The van der Waals surface area contributed by atoms with E-state index in [2.05, 4.69) is 22.2 Å². The second-order valence-electron chi connectivity index (χ2n) is 6.21. The molecule has 1 aromatic carbocycles. The topological polar surface area (TPSA) is 62.8 Å². The average molecular weight is 342 g/mol. The molecule has 22 heavy (non-hydrogen) atoms. The number of benzene rings is 1. The maximum atomic E-state index is 12.1. The Bertz CT molecular complexity index is 643. The van der Waals surface area contributed by atoms with Crippen molar-refractivity contribution in [3.63, 3.8) is 0 Å². The highest BCUT2D eigenvalue weighted by Crippen LogP contribution is 2.42. The van der Waals surface area contributed by atoms with E-state index in [0.29, 0.717) is 11.6 Å². The van der Waals surface area contributed by atoms with Crippen molar-refractivity contribution >= 4 is 21.6 Å². The summed E-state index contributed by atoms with van der Waals surface area (Å²) in [7, 11) is -3.42. The van der Waals surface area contributed by atoms with Gasteiger partial charge in [0.25, 0.3) is 0 Å². The molecule has 0 heterocycles. The smallest absolute Gasteiger partial charge is 0.240 e. The summed E-state index contributed by atoms with van der Waals surface area (Å²) in [6, 6.07) is 6.22. The number of rotatable bonds is 7. The Kier molecular flexibility index (Phi) is 4.88. The molecule has 1 saturated carbocycles. The summed E-state index contributed by atoms with van der Waals surface area (Å²) < 4.78 is 26.8. The van der Waals surface area contributed by atoms with Crippen molar-refractivity contribution in [3.05, 3.63) is 41.4 Å². The van der Waals surface area contributed by atoms with Gasteiger partial charge in [0.15, 0.2) is 0 Å². The van der Waals surface area contributed by atoms with E-state index in [1.807, 2.05) is 0 Å². The zero-order chi connectivity index (χ0) is 15.6. The molecule has 3 N–H and O–H groups in total. The summed E-state index contributed by atoms with van der Waals surface area (Å²) >= 11 is 5.77. The summed E-state index contributed by atoms with van der Waals surface area (Å²) in [5, 5.41) is 2.76. The third-order valence-electron chi connectivity index (χ3n) is 4.65. The molecule has 3 atom stereocenters. The van der Waals surface area contributed by atoms with Crippen LogP contribution in [0.3, 0.4) is 0 Å². The molecule has 0 radical (unpaired) electrons. The second-order valence-corrected chi connectivity index (χ2v) is 8.41. The molecular formula is C16H22ClN2O2S+. The van der Waals surface area contributed by atoms with Gasteiger partial charge < -0.3 is 5.32 Å². The lowest BCUT2D eigenvalue weighted by molar-refractivity contribution is -0.659. The number of nitrogens with two attached hydrogens (primary N) is 1. The Morgan fingerprint density at radius 3 is 2.59 bits per heavy atom. The van der Waals surface area contributed by atoms with Crippen LogP contribution in [0.2, 0.25) is 5.02 Å². The van der Waals surface area contributed by atoms with E-state index in [9.17, 15) is 8.42 Å². The first-order chi connectivity index (χ1) is 10.5. The maximum absolute atomic E-state index is 12.1. The molecule has 2 aliphatic rings. The van der Waals surface area contributed by atoms with Crippen molar-refractivity contribution in [1.82, 2.24) is 4.72 Å². The van der Waals surface area contributed by atoms with Gasteiger partial charge in [-0.1, -0.05) is 23.8 Å². The Morgan fingerprint density at radius 1 is 1.18 bits per heavy atom. The fraction of sp³-hybridized carbons (Fsp3) is 0.500. The van der Waals surface area contributed by atoms with Crippen LogP contribution >= 0.6 is 11.6 Å². The van der Waals surface area contributed by atoms with Gasteiger partial charge in [-0.05, 0) is 48.9 Å². The molecule has 6 heteroatoms. The van der Waals surface area contributed by atoms with E-state index < -0.39 is 10.0 Å². The second kappa shape index (κ2) is 6.71. The molecule has 0 amide bonds. The molecule has 0 aromatic heterocycles. The molecule has 0 spiro atoms. The molecule has 0 saturated heterocycles. The third kappa shape index (κ3) is 3.71. The van der Waals surface area contributed by atoms with Crippen LogP contribution in [-0.4, -0.2) is 28.1 Å². The highest BCUT2D eigenvalue weighted by Gasteiger charge is 2.36. The SMILES string of the molecule is O=S(=O)(NCC[NH2+]C[C@H]1C[C@H]2C=C[C@H]1C2)c1ccc(Cl)cc1. The van der Waals surface area contributed by atoms with Gasteiger partial charge in [0.05, 0.1) is 24.5 Å². The van der Waals surface area contributed by atoms with E-state index in [-0.39, 0.29) is 4.90 Å². The molecular weight excluding hydrogens is 320 g/mol. The lowest BCUT2D eigenvalue weighted by Crippen LogP contribution is -2.87. The molecule has 0 unspecified atom stereocenters. The van der Waals surface area contributed by atoms with Crippen molar-refractivity contribution in [3.8, 4) is 0 Å². The molecule has 1 aromatic rings. The van der Waals surface area contributed by atoms with Crippen LogP contribution in [0.1, 0.15) is 12.8 Å². The minimum absolute atomic E-state index is 0.259. The lowest BCUT2D eigenvalue weighted by Gasteiger charge is -2.16. The van der Waals surface area contributed by atoms with E-state index in [4.69, 9.17) is 11.6 Å². The van der Waals surface area contributed by atoms with Crippen molar-refractivity contribution in [2.75, 3.05) is 19.6 Å². The average Bonchev–Trinajstić information content (AvgIpc) is 3.10. The zero-order valence-corrected chi connectivity index (χ0v) is 14.0. The number of sulfonamides is 1. The van der Waals surface area contributed by atoms with E-state index >= 15 is 0 Å². The van der Waals surface area contributed by atoms with E-state index in [0.717, 1.165) is 30.8 Å². The normalized spacial score (nSPS) is 26.7. The number of quaternary nitrogens is 1. The maximum Gasteiger partial charge on any atom is 0.240 e. The largest absolute Gasteiger partial charge is 0.345 e. The van der Waals surface area contributed by atoms with E-state index in [1.165, 1.54) is 25.0 Å². The van der Waals surface area contributed by atoms with Gasteiger partial charge in [-0.15, -0.1) is 0 Å². The van der Waals surface area contributed by atoms with Gasteiger partial charge in [0, 0.05) is 10.9 Å². The minimum atomic E-state index is -3.42. The highest BCUT2D eigenvalue weighted by atomic mass is 35.5. The number of fused-ring (bicyclic) bond motifs is 2. The Hall–Kier alpha value is -0.880. The van der Waals surface area contributed by atoms with Crippen LogP contribution in [0.15, 0.2) is 41.3 Å². The summed E-state index contributed by atoms with van der Waals surface area (Å²) in [6.07, 6.45) is 7.33. The Morgan fingerprint density at radius 2 is 1.95 bits per heavy atom. The minimum Gasteiger partial charge on any atom is -0.345 e. The molecule has 1 fully saturated rings. The van der Waals surface area contributed by atoms with Crippen molar-refractivity contribution in [1.29, 1.82) is 0 Å². The molecule has 3 rings (SSSR count). The number of halogens is 1. The summed E-state index contributed by atoms with van der Waals surface area (Å²) in [5.74, 6) is 2.32. The van der Waals surface area contributed by atoms with Gasteiger partial charge >= 0.3 is 0 Å². The van der Waals surface area contributed by atoms with E-state index in [1.54, 1.807) is 12.1 Å². The van der Waals surface area contributed by atoms with Crippen molar-refractivity contribution in [2.45, 2.75) is 17.7 Å². The van der Waals surface area contributed by atoms with Crippen molar-refractivity contribution in [2.24, 2.45) is 17.8 Å². The van der Waals surface area contributed by atoms with Crippen LogP contribution in [0.5, 0.6) is 0 Å². The first kappa shape index (κ1) is 16.0. The number of hydrogen-bond donors (Lipinski definition) is 2. The monoisotopic (exact) mass is 341 g/mol. The fourth-order valence-electron chi connectivity index (χ4n) is 3.49. The predicted molar refractivity (Wildman–Crippen MR) is 87.1 cm³/mol. The van der Waals surface area contributed by atoms with Gasteiger partial charge in [-0.3, -0.25) is 0 Å². The first-order valence-electron chi connectivity index (χ1n) is 7.80. The Balaban J connectivity index is 1.39. The van der Waals surface area contributed by atoms with Crippen LogP contribution in [0, 0.1) is 17.8 Å². The lowest BCUT2D eigenvalue weighted by atomic mass is 9.94. The van der Waals surface area contributed by atoms with Crippen LogP contribution in [0.4, 0.5) is 0 Å². The van der Waals surface area contributed by atoms with Gasteiger partial charge in [-0.2, -0.15) is 0 Å². The molecule has 120 valence electrons. The molecule has 4 nitrogen and oxygen atoms in total. The van der Waals surface area contributed by atoms with Crippen molar-refractivity contribution < 1.29 is 13.7 Å². The number of hydrogen-bond acceptors (Lipinski definition) is 2. The zero-order valence-electron chi connectivity index (χ0n) is 12.4. The summed E-state index contributed by atoms with van der Waals surface area (Å²) in [5.41, 5.74) is 0. The number of nitrogens with one attached hydrogen (secondary N) is 1. The first-order valence-corrected chi connectivity index (χ1v) is 9.66. The van der Waals surface area contributed by atoms with Crippen LogP contribution < -0.4 is 10.0 Å². The van der Waals surface area contributed by atoms with Gasteiger partial charge in [0.2, 0.25) is 10.0 Å². The van der Waals surface area contributed by atoms with Gasteiger partial charge in [-0.25, -0.2) is 13.1 Å². The van der Waals surface area contributed by atoms with Crippen LogP contribution in [0.25, 0.3) is 0 Å². The van der Waals surface area contributed by atoms with Crippen LogP contribution in [-0.2, 0) is 10.0 Å². The number of allylic oxidation sites excluding steroid dienone is 2. The predicted octanol–water partition coefficient (Wildman–Crippen LogP) is 1.39. The Labute approximate surface area is 137 Å². The highest BCUT2D eigenvalue weighted by molar-refractivity contribution is 7.89. The molecule has 2 bridgehead atoms. The summed E-state index contributed by atoms with van der Waals surface area (Å²) in [6.45, 7) is 2.31. The standard InChI is InChI=1S/C16H21ClN2O2S/c17-15-3-5-16(6-4-15)22(20,21)19-8-7-18-11-14-10-12-1-2-13(14)9-12/h1-6,12-14,18-19H,7-11H2/p+1/t12-,13-,14+/m0/s1.